The van der Waals surface area contributed by atoms with Crippen LogP contribution in [0.15, 0.2) is 59.5 Å². The number of rotatable bonds is 6. The van der Waals surface area contributed by atoms with E-state index in [0.717, 1.165) is 23.8 Å². The molecule has 1 fully saturated rings. The van der Waals surface area contributed by atoms with Crippen LogP contribution in [0.5, 0.6) is 0 Å². The standard InChI is InChI=1S/C28H27F2N3O4S/c1-28(2,3)17-6-11-23-21(14-17)24(20-5-4-12-31-26(20)34)25(27(35)32-38(36,37)19-8-9-19)33(23)15-16-13-18(29)7-10-22(16)30/h4-7,10-14,19H,8-9,15H2,1-3H3,(H,31,34)(H,32,35). The van der Waals surface area contributed by atoms with Gasteiger partial charge in [0.05, 0.1) is 11.8 Å². The molecular formula is C28H27F2N3O4S. The third-order valence-electron chi connectivity index (χ3n) is 6.77. The number of pyridine rings is 1. The Kier molecular flexibility index (Phi) is 6.25. The lowest BCUT2D eigenvalue weighted by Crippen LogP contribution is -2.35. The van der Waals surface area contributed by atoms with Crippen molar-refractivity contribution in [3.63, 3.8) is 0 Å². The Labute approximate surface area is 218 Å². The molecule has 2 heterocycles. The summed E-state index contributed by atoms with van der Waals surface area (Å²) in [6.07, 6.45) is 2.34. The van der Waals surface area contributed by atoms with Crippen molar-refractivity contribution in [2.75, 3.05) is 0 Å². The number of H-pyrrole nitrogens is 1. The molecular weight excluding hydrogens is 512 g/mol. The largest absolute Gasteiger partial charge is 0.331 e. The lowest BCUT2D eigenvalue weighted by molar-refractivity contribution is 0.0974. The molecule has 38 heavy (non-hydrogen) atoms. The number of sulfonamides is 1. The van der Waals surface area contributed by atoms with Gasteiger partial charge < -0.3 is 9.55 Å². The zero-order valence-electron chi connectivity index (χ0n) is 21.1. The Balaban J connectivity index is 1.84. The van der Waals surface area contributed by atoms with Crippen molar-refractivity contribution in [2.45, 2.75) is 50.8 Å². The van der Waals surface area contributed by atoms with Crippen molar-refractivity contribution in [1.29, 1.82) is 0 Å². The van der Waals surface area contributed by atoms with Gasteiger partial charge >= 0.3 is 0 Å². The van der Waals surface area contributed by atoms with Gasteiger partial charge in [0.2, 0.25) is 10.0 Å². The molecule has 0 atom stereocenters. The maximum absolute atomic E-state index is 14.8. The summed E-state index contributed by atoms with van der Waals surface area (Å²) in [4.78, 5) is 29.3. The van der Waals surface area contributed by atoms with Crippen LogP contribution in [0.1, 0.15) is 55.2 Å². The molecule has 10 heteroatoms. The quantitative estimate of drug-likeness (QED) is 0.366. The lowest BCUT2D eigenvalue weighted by Gasteiger charge is -2.19. The van der Waals surface area contributed by atoms with E-state index in [0.29, 0.717) is 23.7 Å². The van der Waals surface area contributed by atoms with Gasteiger partial charge in [-0.2, -0.15) is 0 Å². The monoisotopic (exact) mass is 539 g/mol. The number of carbonyl (C=O) groups is 1. The third-order valence-corrected chi connectivity index (χ3v) is 8.59. The zero-order chi connectivity index (χ0) is 27.4. The molecule has 2 N–H and O–H groups in total. The molecule has 1 aliphatic rings. The maximum Gasteiger partial charge on any atom is 0.282 e. The van der Waals surface area contributed by atoms with E-state index in [1.54, 1.807) is 12.1 Å². The van der Waals surface area contributed by atoms with E-state index >= 15 is 0 Å². The molecule has 0 radical (unpaired) electrons. The van der Waals surface area contributed by atoms with Crippen LogP contribution >= 0.6 is 0 Å². The number of aromatic nitrogens is 2. The molecule has 2 aromatic heterocycles. The van der Waals surface area contributed by atoms with E-state index in [9.17, 15) is 26.8 Å². The van der Waals surface area contributed by atoms with Crippen molar-refractivity contribution in [3.05, 3.63) is 93.5 Å². The first kappa shape index (κ1) is 25.8. The molecule has 5 rings (SSSR count). The molecule has 0 unspecified atom stereocenters. The van der Waals surface area contributed by atoms with Gasteiger partial charge in [-0.05, 0) is 66.3 Å². The maximum atomic E-state index is 14.8. The Morgan fingerprint density at radius 3 is 2.50 bits per heavy atom. The second-order valence-electron chi connectivity index (χ2n) is 10.6. The Hall–Kier alpha value is -3.79. The van der Waals surface area contributed by atoms with Gasteiger partial charge in [0.1, 0.15) is 17.3 Å². The van der Waals surface area contributed by atoms with Crippen molar-refractivity contribution >= 4 is 26.8 Å². The first-order valence-corrected chi connectivity index (χ1v) is 13.8. The number of amides is 1. The van der Waals surface area contributed by atoms with Crippen LogP contribution in [-0.4, -0.2) is 29.1 Å². The molecule has 2 aromatic carbocycles. The Morgan fingerprint density at radius 2 is 1.84 bits per heavy atom. The van der Waals surface area contributed by atoms with Crippen molar-refractivity contribution in [3.8, 4) is 11.1 Å². The van der Waals surface area contributed by atoms with E-state index in [2.05, 4.69) is 9.71 Å². The lowest BCUT2D eigenvalue weighted by atomic mass is 9.86. The number of fused-ring (bicyclic) bond motifs is 1. The first-order valence-electron chi connectivity index (χ1n) is 12.2. The van der Waals surface area contributed by atoms with Crippen molar-refractivity contribution < 1.29 is 22.0 Å². The highest BCUT2D eigenvalue weighted by molar-refractivity contribution is 7.91. The van der Waals surface area contributed by atoms with E-state index in [-0.39, 0.29) is 34.3 Å². The molecule has 0 bridgehead atoms. The van der Waals surface area contributed by atoms with Crippen LogP contribution in [0.4, 0.5) is 8.78 Å². The smallest absolute Gasteiger partial charge is 0.282 e. The molecule has 0 aliphatic heterocycles. The summed E-state index contributed by atoms with van der Waals surface area (Å²) in [5.74, 6) is -2.29. The number of hydrogen-bond donors (Lipinski definition) is 2. The Bertz CT molecular complexity index is 1750. The fourth-order valence-electron chi connectivity index (χ4n) is 4.59. The number of nitrogens with one attached hydrogen (secondary N) is 2. The predicted octanol–water partition coefficient (Wildman–Crippen LogP) is 4.84. The van der Waals surface area contributed by atoms with Crippen molar-refractivity contribution in [2.24, 2.45) is 0 Å². The van der Waals surface area contributed by atoms with Crippen LogP contribution in [0, 0.1) is 11.6 Å². The van der Waals surface area contributed by atoms with Crippen LogP contribution in [0.2, 0.25) is 0 Å². The van der Waals surface area contributed by atoms with Crippen molar-refractivity contribution in [1.82, 2.24) is 14.3 Å². The first-order chi connectivity index (χ1) is 17.9. The molecule has 198 valence electrons. The molecule has 7 nitrogen and oxygen atoms in total. The summed E-state index contributed by atoms with van der Waals surface area (Å²) in [5, 5.41) is -0.152. The summed E-state index contributed by atoms with van der Waals surface area (Å²) in [6.45, 7) is 5.76. The summed E-state index contributed by atoms with van der Waals surface area (Å²) in [6, 6.07) is 11.6. The third kappa shape index (κ3) is 4.76. The van der Waals surface area contributed by atoms with E-state index in [1.165, 1.54) is 16.8 Å². The fraction of sp³-hybridized carbons (Fsp3) is 0.286. The van der Waals surface area contributed by atoms with Crippen LogP contribution in [-0.2, 0) is 22.0 Å². The highest BCUT2D eigenvalue weighted by Gasteiger charge is 2.38. The molecule has 4 aromatic rings. The average Bonchev–Trinajstić information content (AvgIpc) is 3.65. The zero-order valence-corrected chi connectivity index (χ0v) is 22.0. The SMILES string of the molecule is CC(C)(C)c1ccc2c(c1)c(-c1ccc[nH]c1=O)c(C(=O)NS(=O)(=O)C1CC1)n2Cc1cc(F)ccc1F. The summed E-state index contributed by atoms with van der Waals surface area (Å²) in [5.41, 5.74) is 0.806. The average molecular weight is 540 g/mol. The molecule has 0 saturated heterocycles. The summed E-state index contributed by atoms with van der Waals surface area (Å²) < 4.78 is 57.9. The molecule has 1 amide bonds. The van der Waals surface area contributed by atoms with Gasteiger partial charge in [0.25, 0.3) is 11.5 Å². The van der Waals surface area contributed by atoms with E-state index in [4.69, 9.17) is 0 Å². The van der Waals surface area contributed by atoms with E-state index < -0.39 is 38.4 Å². The number of benzene rings is 2. The minimum absolute atomic E-state index is 0.0329. The second kappa shape index (κ2) is 9.20. The van der Waals surface area contributed by atoms with Gasteiger partial charge in [-0.15, -0.1) is 0 Å². The second-order valence-corrected chi connectivity index (χ2v) is 12.6. The molecule has 1 aliphatic carbocycles. The van der Waals surface area contributed by atoms with Gasteiger partial charge in [-0.25, -0.2) is 21.9 Å². The van der Waals surface area contributed by atoms with E-state index in [1.807, 2.05) is 32.9 Å². The number of nitrogens with zero attached hydrogens (tertiary/aromatic N) is 1. The van der Waals surface area contributed by atoms with Crippen LogP contribution in [0.25, 0.3) is 22.0 Å². The minimum atomic E-state index is -3.95. The minimum Gasteiger partial charge on any atom is -0.331 e. The van der Waals surface area contributed by atoms with Gasteiger partial charge in [0.15, 0.2) is 0 Å². The Morgan fingerprint density at radius 1 is 1.11 bits per heavy atom. The molecule has 1 saturated carbocycles. The normalized spacial score (nSPS) is 14.1. The van der Waals surface area contributed by atoms with Gasteiger partial charge in [-0.1, -0.05) is 26.8 Å². The summed E-state index contributed by atoms with van der Waals surface area (Å²) >= 11 is 0. The molecule has 0 spiro atoms. The van der Waals surface area contributed by atoms with Gasteiger partial charge in [0, 0.05) is 33.8 Å². The highest BCUT2D eigenvalue weighted by Crippen LogP contribution is 2.38. The number of aromatic amines is 1. The van der Waals surface area contributed by atoms with Crippen LogP contribution < -0.4 is 10.3 Å². The number of carbonyl (C=O) groups excluding carboxylic acids is 1. The van der Waals surface area contributed by atoms with Gasteiger partial charge in [-0.3, -0.25) is 9.59 Å². The topological polar surface area (TPSA) is 101 Å². The fourth-order valence-corrected chi connectivity index (χ4v) is 5.87. The number of halogens is 2. The van der Waals surface area contributed by atoms with Crippen LogP contribution in [0.3, 0.4) is 0 Å². The summed E-state index contributed by atoms with van der Waals surface area (Å²) in [7, 11) is -3.95. The highest BCUT2D eigenvalue weighted by atomic mass is 32.2. The predicted molar refractivity (Wildman–Crippen MR) is 142 cm³/mol. The number of hydrogen-bond acceptors (Lipinski definition) is 4.